The van der Waals surface area contributed by atoms with E-state index in [1.165, 1.54) is 0 Å². The van der Waals surface area contributed by atoms with Crippen LogP contribution in [0.1, 0.15) is 45.7 Å². The molecular weight excluding hydrogens is 386 g/mol. The Hall–Kier alpha value is -2.77. The lowest BCUT2D eigenvalue weighted by atomic mass is 9.73. The van der Waals surface area contributed by atoms with Gasteiger partial charge in [-0.25, -0.2) is 9.69 Å². The van der Waals surface area contributed by atoms with E-state index in [2.05, 4.69) is 11.8 Å². The Balaban J connectivity index is 2.05. The van der Waals surface area contributed by atoms with Crippen LogP contribution in [0.3, 0.4) is 0 Å². The first-order valence-electron chi connectivity index (χ1n) is 9.48. The van der Waals surface area contributed by atoms with E-state index in [1.807, 2.05) is 44.2 Å². The summed E-state index contributed by atoms with van der Waals surface area (Å²) in [5.74, 6) is 5.61. The van der Waals surface area contributed by atoms with Crippen molar-refractivity contribution >= 4 is 29.3 Å². The maximum Gasteiger partial charge on any atom is 0.421 e. The third kappa shape index (κ3) is 4.02. The van der Waals surface area contributed by atoms with Gasteiger partial charge >= 0.3 is 6.09 Å². The maximum atomic E-state index is 13.5. The first-order valence-corrected chi connectivity index (χ1v) is 9.86. The largest absolute Gasteiger partial charge is 0.443 e. The zero-order valence-corrected chi connectivity index (χ0v) is 18.0. The Morgan fingerprint density at radius 3 is 2.45 bits per heavy atom. The molecule has 0 bridgehead atoms. The summed E-state index contributed by atoms with van der Waals surface area (Å²) in [5.41, 5.74) is 0.306. The number of carbonyl (C=O) groups excluding carboxylic acids is 2. The van der Waals surface area contributed by atoms with Gasteiger partial charge in [0, 0.05) is 16.5 Å². The number of imide groups is 1. The molecule has 0 radical (unpaired) electrons. The highest BCUT2D eigenvalue weighted by molar-refractivity contribution is 6.31. The molecule has 2 aromatic carbocycles. The highest BCUT2D eigenvalue weighted by Gasteiger charge is 2.53. The molecule has 1 aliphatic heterocycles. The number of hydrogen-bond donors (Lipinski definition) is 0. The Bertz CT molecular complexity index is 1010. The van der Waals surface area contributed by atoms with Crippen LogP contribution in [0.2, 0.25) is 5.02 Å². The quantitative estimate of drug-likeness (QED) is 0.578. The smallest absolute Gasteiger partial charge is 0.421 e. The minimum atomic E-state index is -1.00. The van der Waals surface area contributed by atoms with Crippen molar-refractivity contribution in [1.82, 2.24) is 0 Å². The number of carbonyl (C=O) groups is 2. The van der Waals surface area contributed by atoms with Crippen molar-refractivity contribution in [1.29, 1.82) is 0 Å². The highest BCUT2D eigenvalue weighted by Crippen LogP contribution is 2.47. The summed E-state index contributed by atoms with van der Waals surface area (Å²) in [7, 11) is 0. The second-order valence-corrected chi connectivity index (χ2v) is 8.78. The molecule has 2 aromatic rings. The molecule has 0 saturated carbocycles. The first-order chi connectivity index (χ1) is 13.5. The van der Waals surface area contributed by atoms with Crippen molar-refractivity contribution in [2.45, 2.75) is 45.6 Å². The minimum Gasteiger partial charge on any atom is -0.443 e. The fraction of sp³-hybridized carbons (Fsp3) is 0.333. The number of hydrogen-bond acceptors (Lipinski definition) is 3. The van der Waals surface area contributed by atoms with Gasteiger partial charge in [-0.3, -0.25) is 4.79 Å². The molecule has 3 rings (SSSR count). The van der Waals surface area contributed by atoms with Crippen LogP contribution in [0.15, 0.2) is 48.5 Å². The second kappa shape index (κ2) is 7.57. The summed E-state index contributed by atoms with van der Waals surface area (Å²) in [5, 5.41) is 0.442. The molecule has 0 aromatic heterocycles. The van der Waals surface area contributed by atoms with Crippen molar-refractivity contribution in [3.8, 4) is 11.8 Å². The number of benzene rings is 2. The van der Waals surface area contributed by atoms with Gasteiger partial charge in [0.05, 0.1) is 11.1 Å². The Kier molecular flexibility index (Phi) is 5.47. The van der Waals surface area contributed by atoms with Crippen molar-refractivity contribution in [2.75, 3.05) is 4.90 Å². The number of halogens is 1. The van der Waals surface area contributed by atoms with E-state index >= 15 is 0 Å². The third-order valence-corrected chi connectivity index (χ3v) is 5.29. The molecule has 1 aliphatic rings. The van der Waals surface area contributed by atoms with E-state index in [0.29, 0.717) is 16.3 Å². The normalized spacial score (nSPS) is 19.2. The summed E-state index contributed by atoms with van der Waals surface area (Å²) >= 11 is 6.17. The highest BCUT2D eigenvalue weighted by atomic mass is 35.5. The zero-order chi connectivity index (χ0) is 21.4. The summed E-state index contributed by atoms with van der Waals surface area (Å²) in [4.78, 5) is 27.4. The van der Waals surface area contributed by atoms with Crippen LogP contribution >= 0.6 is 11.6 Å². The molecule has 2 amide bonds. The molecular formula is C24H24ClNO3. The van der Waals surface area contributed by atoms with E-state index < -0.39 is 17.1 Å². The Morgan fingerprint density at radius 2 is 1.83 bits per heavy atom. The lowest BCUT2D eigenvalue weighted by Gasteiger charge is -2.28. The van der Waals surface area contributed by atoms with E-state index in [0.717, 1.165) is 10.5 Å². The van der Waals surface area contributed by atoms with Crippen LogP contribution in [0, 0.1) is 17.8 Å². The van der Waals surface area contributed by atoms with E-state index in [1.54, 1.807) is 39.0 Å². The van der Waals surface area contributed by atoms with E-state index in [4.69, 9.17) is 16.3 Å². The summed E-state index contributed by atoms with van der Waals surface area (Å²) in [6, 6.07) is 14.7. The van der Waals surface area contributed by atoms with E-state index in [9.17, 15) is 9.59 Å². The molecule has 0 fully saturated rings. The average molecular weight is 410 g/mol. The van der Waals surface area contributed by atoms with Gasteiger partial charge < -0.3 is 4.74 Å². The van der Waals surface area contributed by atoms with Crippen LogP contribution in [-0.2, 0) is 14.9 Å². The fourth-order valence-corrected chi connectivity index (χ4v) is 3.52. The molecule has 4 nitrogen and oxygen atoms in total. The molecule has 29 heavy (non-hydrogen) atoms. The van der Waals surface area contributed by atoms with Gasteiger partial charge in [0.2, 0.25) is 5.91 Å². The summed E-state index contributed by atoms with van der Waals surface area (Å²) < 4.78 is 5.48. The first kappa shape index (κ1) is 21.0. The van der Waals surface area contributed by atoms with Crippen LogP contribution in [-0.4, -0.2) is 17.6 Å². The van der Waals surface area contributed by atoms with Crippen molar-refractivity contribution in [3.63, 3.8) is 0 Å². The number of fused-ring (bicyclic) bond motifs is 1. The summed E-state index contributed by atoms with van der Waals surface area (Å²) in [6.07, 6.45) is -0.710. The molecule has 0 saturated heterocycles. The third-order valence-electron chi connectivity index (χ3n) is 5.06. The molecule has 0 spiro atoms. The number of amides is 2. The molecule has 0 unspecified atom stereocenters. The van der Waals surface area contributed by atoms with Gasteiger partial charge in [0.15, 0.2) is 0 Å². The Labute approximate surface area is 176 Å². The van der Waals surface area contributed by atoms with Crippen LogP contribution in [0.5, 0.6) is 0 Å². The van der Waals surface area contributed by atoms with Crippen molar-refractivity contribution < 1.29 is 14.3 Å². The van der Waals surface area contributed by atoms with Gasteiger partial charge in [0.1, 0.15) is 5.60 Å². The lowest BCUT2D eigenvalue weighted by Crippen LogP contribution is -2.46. The standard InChI is InChI=1S/C24H24ClNO3/c1-16(11-12-17-9-7-6-8-10-17)24(5)19-14-13-18(25)15-20(19)26(21(24)27)22(28)29-23(2,3)4/h6-10,13-16H,1-5H3/t16-,24+/m0/s1. The van der Waals surface area contributed by atoms with Crippen LogP contribution in [0.25, 0.3) is 0 Å². The van der Waals surface area contributed by atoms with Gasteiger partial charge in [-0.2, -0.15) is 0 Å². The second-order valence-electron chi connectivity index (χ2n) is 8.34. The summed E-state index contributed by atoms with van der Waals surface area (Å²) in [6.45, 7) is 8.99. The number of ether oxygens (including phenoxy) is 1. The van der Waals surface area contributed by atoms with Gasteiger partial charge in [0.25, 0.3) is 0 Å². The Morgan fingerprint density at radius 1 is 1.17 bits per heavy atom. The topological polar surface area (TPSA) is 46.6 Å². The number of nitrogens with zero attached hydrogens (tertiary/aromatic N) is 1. The molecule has 2 atom stereocenters. The van der Waals surface area contributed by atoms with Gasteiger partial charge in [-0.15, -0.1) is 0 Å². The van der Waals surface area contributed by atoms with Crippen LogP contribution in [0.4, 0.5) is 10.5 Å². The SMILES string of the molecule is C[C@@H](C#Cc1ccccc1)[C@@]1(C)C(=O)N(C(=O)OC(C)(C)C)c2cc(Cl)ccc21. The van der Waals surface area contributed by atoms with Crippen molar-refractivity contribution in [2.24, 2.45) is 5.92 Å². The fourth-order valence-electron chi connectivity index (χ4n) is 3.35. The van der Waals surface area contributed by atoms with Gasteiger partial charge in [-0.05, 0) is 57.5 Å². The average Bonchev–Trinajstić information content (AvgIpc) is 2.87. The molecule has 5 heteroatoms. The monoisotopic (exact) mass is 409 g/mol. The minimum absolute atomic E-state index is 0.345. The predicted octanol–water partition coefficient (Wildman–Crippen LogP) is 5.57. The molecule has 0 aliphatic carbocycles. The van der Waals surface area contributed by atoms with Crippen LogP contribution < -0.4 is 4.90 Å². The van der Waals surface area contributed by atoms with E-state index in [-0.39, 0.29) is 11.8 Å². The van der Waals surface area contributed by atoms with Gasteiger partial charge in [-0.1, -0.05) is 54.6 Å². The molecule has 150 valence electrons. The molecule has 0 N–H and O–H groups in total. The number of anilines is 1. The zero-order valence-electron chi connectivity index (χ0n) is 17.2. The lowest BCUT2D eigenvalue weighted by molar-refractivity contribution is -0.123. The molecule has 1 heterocycles. The maximum absolute atomic E-state index is 13.5. The van der Waals surface area contributed by atoms with Crippen molar-refractivity contribution in [3.05, 3.63) is 64.7 Å². The number of rotatable bonds is 1. The predicted molar refractivity (Wildman–Crippen MR) is 115 cm³/mol.